The van der Waals surface area contributed by atoms with Crippen molar-refractivity contribution in [1.82, 2.24) is 5.32 Å². The molecule has 2 aliphatic rings. The lowest BCUT2D eigenvalue weighted by Gasteiger charge is -2.26. The van der Waals surface area contributed by atoms with E-state index in [-0.39, 0.29) is 24.7 Å². The van der Waals surface area contributed by atoms with E-state index in [2.05, 4.69) is 5.32 Å². The van der Waals surface area contributed by atoms with Gasteiger partial charge in [0, 0.05) is 27.2 Å². The molecule has 0 unspecified atom stereocenters. The van der Waals surface area contributed by atoms with Gasteiger partial charge < -0.3 is 14.2 Å². The first-order valence-corrected chi connectivity index (χ1v) is 12.5. The monoisotopic (exact) mass is 560 g/mol. The average molecular weight is 561 g/mol. The second-order valence-corrected chi connectivity index (χ2v) is 9.56. The molecule has 1 saturated heterocycles. The number of halogens is 2. The van der Waals surface area contributed by atoms with E-state index in [0.29, 0.717) is 38.4 Å². The molecule has 4 aromatic carbocycles. The summed E-state index contributed by atoms with van der Waals surface area (Å²) in [5, 5.41) is 4.82. The van der Waals surface area contributed by atoms with Gasteiger partial charge in [-0.1, -0.05) is 59.6 Å². The van der Waals surface area contributed by atoms with E-state index >= 15 is 0 Å². The van der Waals surface area contributed by atoms with E-state index in [9.17, 15) is 14.4 Å². The van der Waals surface area contributed by atoms with Crippen molar-refractivity contribution in [2.45, 2.75) is 6.61 Å². The molecule has 4 amide bonds. The maximum absolute atomic E-state index is 13.6. The highest BCUT2D eigenvalue weighted by molar-refractivity contribution is 6.39. The highest BCUT2D eigenvalue weighted by Crippen LogP contribution is 2.37. The van der Waals surface area contributed by atoms with Gasteiger partial charge >= 0.3 is 6.03 Å². The number of hydrogen-bond donors (Lipinski definition) is 1. The summed E-state index contributed by atoms with van der Waals surface area (Å²) >= 11 is 12.3. The first-order valence-electron chi connectivity index (χ1n) is 11.8. The molecule has 0 spiro atoms. The summed E-state index contributed by atoms with van der Waals surface area (Å²) in [6, 6.07) is 20.0. The summed E-state index contributed by atoms with van der Waals surface area (Å²) in [7, 11) is 0. The third-order valence-electron chi connectivity index (χ3n) is 6.33. The summed E-state index contributed by atoms with van der Waals surface area (Å²) < 4.78 is 16.8. The molecule has 1 fully saturated rings. The molecule has 1 N–H and O–H groups in total. The summed E-state index contributed by atoms with van der Waals surface area (Å²) in [4.78, 5) is 40.1. The summed E-state index contributed by atoms with van der Waals surface area (Å²) in [6.07, 6.45) is 1.44. The van der Waals surface area contributed by atoms with Crippen LogP contribution in [0.15, 0.2) is 78.4 Å². The van der Waals surface area contributed by atoms with Crippen molar-refractivity contribution in [2.24, 2.45) is 0 Å². The lowest BCUT2D eigenvalue weighted by atomic mass is 9.99. The SMILES string of the molecule is O=C1NC(=O)N(c2ccc3c(c2)OCO3)C(=O)/C1=C/c1c(OCc2ccc(Cl)cc2Cl)ccc2ccccc12. The van der Waals surface area contributed by atoms with Gasteiger partial charge in [0.05, 0.1) is 5.69 Å². The molecule has 39 heavy (non-hydrogen) atoms. The number of ether oxygens (including phenoxy) is 3. The van der Waals surface area contributed by atoms with Crippen molar-refractivity contribution in [1.29, 1.82) is 0 Å². The van der Waals surface area contributed by atoms with Gasteiger partial charge in [0.2, 0.25) is 6.79 Å². The maximum atomic E-state index is 13.6. The molecule has 0 saturated carbocycles. The highest BCUT2D eigenvalue weighted by Gasteiger charge is 2.37. The second-order valence-electron chi connectivity index (χ2n) is 8.72. The van der Waals surface area contributed by atoms with Crippen molar-refractivity contribution in [3.8, 4) is 17.2 Å². The van der Waals surface area contributed by atoms with Gasteiger partial charge in [0.1, 0.15) is 17.9 Å². The van der Waals surface area contributed by atoms with Crippen LogP contribution in [-0.4, -0.2) is 24.6 Å². The van der Waals surface area contributed by atoms with E-state index in [1.54, 1.807) is 36.4 Å². The normalized spacial score (nSPS) is 15.7. The Labute approximate surface area is 232 Å². The third kappa shape index (κ3) is 4.65. The zero-order valence-electron chi connectivity index (χ0n) is 20.1. The molecule has 8 nitrogen and oxygen atoms in total. The Morgan fingerprint density at radius 2 is 1.74 bits per heavy atom. The Kier molecular flexibility index (Phi) is 6.34. The van der Waals surface area contributed by atoms with Gasteiger partial charge in [-0.3, -0.25) is 14.9 Å². The topological polar surface area (TPSA) is 94.2 Å². The lowest BCUT2D eigenvalue weighted by molar-refractivity contribution is -0.122. The fourth-order valence-electron chi connectivity index (χ4n) is 4.41. The number of barbiturate groups is 1. The number of urea groups is 1. The van der Waals surface area contributed by atoms with E-state index in [1.165, 1.54) is 12.1 Å². The molecule has 0 aliphatic carbocycles. The first kappa shape index (κ1) is 24.8. The van der Waals surface area contributed by atoms with Crippen LogP contribution in [0.1, 0.15) is 11.1 Å². The number of imide groups is 2. The predicted molar refractivity (Wildman–Crippen MR) is 146 cm³/mol. The number of nitrogens with zero attached hydrogens (tertiary/aromatic N) is 1. The molecule has 0 radical (unpaired) electrons. The molecular weight excluding hydrogens is 543 g/mol. The van der Waals surface area contributed by atoms with Crippen LogP contribution in [0.25, 0.3) is 16.8 Å². The minimum atomic E-state index is -0.868. The molecule has 6 rings (SSSR count). The molecule has 4 aromatic rings. The van der Waals surface area contributed by atoms with E-state index in [1.807, 2.05) is 30.3 Å². The molecule has 2 heterocycles. The summed E-state index contributed by atoms with van der Waals surface area (Å²) in [6.45, 7) is 0.153. The minimum Gasteiger partial charge on any atom is -0.488 e. The highest BCUT2D eigenvalue weighted by atomic mass is 35.5. The number of benzene rings is 4. The van der Waals surface area contributed by atoms with Crippen LogP contribution in [0.2, 0.25) is 10.0 Å². The maximum Gasteiger partial charge on any atom is 0.335 e. The lowest BCUT2D eigenvalue weighted by Crippen LogP contribution is -2.54. The molecular formula is C29H18Cl2N2O6. The largest absolute Gasteiger partial charge is 0.488 e. The first-order chi connectivity index (χ1) is 18.9. The van der Waals surface area contributed by atoms with Crippen LogP contribution in [-0.2, 0) is 16.2 Å². The number of hydrogen-bond acceptors (Lipinski definition) is 6. The van der Waals surface area contributed by atoms with Gasteiger partial charge in [-0.05, 0) is 47.2 Å². The smallest absolute Gasteiger partial charge is 0.335 e. The van der Waals surface area contributed by atoms with Gasteiger partial charge in [0.15, 0.2) is 11.5 Å². The Morgan fingerprint density at radius 1 is 0.923 bits per heavy atom. The number of nitrogens with one attached hydrogen (secondary N) is 1. The number of anilines is 1. The standard InChI is InChI=1S/C29H18Cl2N2O6/c30-18-7-5-17(23(31)11-18)14-37-24-9-6-16-3-1-2-4-20(16)21(24)13-22-27(34)32-29(36)33(28(22)35)19-8-10-25-26(12-19)39-15-38-25/h1-13H,14-15H2,(H,32,34,36)/b22-13+. The van der Waals surface area contributed by atoms with Crippen LogP contribution in [0.4, 0.5) is 10.5 Å². The molecule has 10 heteroatoms. The van der Waals surface area contributed by atoms with Crippen LogP contribution < -0.4 is 24.4 Å². The quantitative estimate of drug-likeness (QED) is 0.233. The second kappa shape index (κ2) is 9.98. The van der Waals surface area contributed by atoms with Crippen LogP contribution in [0.5, 0.6) is 17.2 Å². The van der Waals surface area contributed by atoms with Crippen LogP contribution in [0.3, 0.4) is 0 Å². The minimum absolute atomic E-state index is 0.0354. The number of carbonyl (C=O) groups excluding carboxylic acids is 3. The van der Waals surface area contributed by atoms with Crippen molar-refractivity contribution >= 4 is 63.6 Å². The third-order valence-corrected chi connectivity index (χ3v) is 6.92. The molecule has 0 bridgehead atoms. The molecule has 194 valence electrons. The Morgan fingerprint density at radius 3 is 2.59 bits per heavy atom. The Hall–Kier alpha value is -4.53. The number of carbonyl (C=O) groups is 3. The van der Waals surface area contributed by atoms with Gasteiger partial charge in [0.25, 0.3) is 11.8 Å². The van der Waals surface area contributed by atoms with E-state index in [0.717, 1.165) is 15.7 Å². The van der Waals surface area contributed by atoms with Crippen molar-refractivity contribution in [3.05, 3.63) is 99.5 Å². The van der Waals surface area contributed by atoms with Crippen LogP contribution in [0, 0.1) is 0 Å². The number of rotatable bonds is 5. The van der Waals surface area contributed by atoms with Crippen LogP contribution >= 0.6 is 23.2 Å². The fourth-order valence-corrected chi connectivity index (χ4v) is 4.87. The fraction of sp³-hybridized carbons (Fsp3) is 0.0690. The Bertz CT molecular complexity index is 1720. The molecule has 0 atom stereocenters. The summed E-state index contributed by atoms with van der Waals surface area (Å²) in [5.74, 6) is -0.307. The van der Waals surface area contributed by atoms with Crippen molar-refractivity contribution in [2.75, 3.05) is 11.7 Å². The number of amides is 4. The van der Waals surface area contributed by atoms with E-state index in [4.69, 9.17) is 37.4 Å². The summed E-state index contributed by atoms with van der Waals surface area (Å²) in [5.41, 5.74) is 1.19. The number of fused-ring (bicyclic) bond motifs is 2. The Balaban J connectivity index is 1.41. The van der Waals surface area contributed by atoms with Gasteiger partial charge in [-0.25, -0.2) is 9.69 Å². The average Bonchev–Trinajstić information content (AvgIpc) is 3.39. The molecule has 2 aliphatic heterocycles. The van der Waals surface area contributed by atoms with Gasteiger partial charge in [-0.15, -0.1) is 0 Å². The van der Waals surface area contributed by atoms with Crippen molar-refractivity contribution in [3.63, 3.8) is 0 Å². The van der Waals surface area contributed by atoms with Gasteiger partial charge in [-0.2, -0.15) is 0 Å². The zero-order valence-corrected chi connectivity index (χ0v) is 21.6. The molecule has 0 aromatic heterocycles. The predicted octanol–water partition coefficient (Wildman–Crippen LogP) is 6.12. The zero-order chi connectivity index (χ0) is 27.1. The van der Waals surface area contributed by atoms with Crippen molar-refractivity contribution < 1.29 is 28.6 Å². The van der Waals surface area contributed by atoms with E-state index < -0.39 is 17.8 Å².